The van der Waals surface area contributed by atoms with Crippen LogP contribution < -0.4 is 4.74 Å². The van der Waals surface area contributed by atoms with Gasteiger partial charge >= 0.3 is 0 Å². The predicted octanol–water partition coefficient (Wildman–Crippen LogP) is 3.05. The topological polar surface area (TPSA) is 96.9 Å². The number of hydrogen-bond acceptors (Lipinski definition) is 6. The first kappa shape index (κ1) is 20.5. The van der Waals surface area contributed by atoms with Gasteiger partial charge in [-0.15, -0.1) is 4.80 Å². The molecule has 1 fully saturated rings. The standard InChI is InChI=1S/C22H21FN6O2/c1-14-8-9-25-21(18(14)12-24)31-16-7-6-15(2)28(13-16)22(30)17-4-3-5-19(23)20(17)29-26-10-11-27-29/h3-5,8-11,15-16H,6-7,13H2,1-2H3/t15-,16-/m1/s1. The van der Waals surface area contributed by atoms with E-state index in [1.54, 1.807) is 23.2 Å². The van der Waals surface area contributed by atoms with E-state index in [1.807, 2.05) is 13.8 Å². The molecule has 1 aliphatic rings. The van der Waals surface area contributed by atoms with E-state index in [1.165, 1.54) is 24.5 Å². The molecule has 1 saturated heterocycles. The number of aryl methyl sites for hydroxylation is 1. The number of ether oxygens (including phenoxy) is 1. The Labute approximate surface area is 178 Å². The molecule has 3 heterocycles. The lowest BCUT2D eigenvalue weighted by molar-refractivity contribution is 0.0371. The van der Waals surface area contributed by atoms with Crippen molar-refractivity contribution in [2.24, 2.45) is 0 Å². The van der Waals surface area contributed by atoms with E-state index >= 15 is 0 Å². The molecule has 9 heteroatoms. The Kier molecular flexibility index (Phi) is 5.62. The minimum atomic E-state index is -0.581. The van der Waals surface area contributed by atoms with Crippen molar-refractivity contribution in [1.29, 1.82) is 5.26 Å². The first-order valence-corrected chi connectivity index (χ1v) is 9.98. The summed E-state index contributed by atoms with van der Waals surface area (Å²) in [4.78, 5) is 20.4. The summed E-state index contributed by atoms with van der Waals surface area (Å²) in [6, 6.07) is 8.15. The van der Waals surface area contributed by atoms with Crippen molar-refractivity contribution in [2.75, 3.05) is 6.54 Å². The highest BCUT2D eigenvalue weighted by Crippen LogP contribution is 2.27. The SMILES string of the molecule is Cc1ccnc(O[C@@H]2CC[C@@H](C)N(C(=O)c3cccc(F)c3-n3nccn3)C2)c1C#N. The number of rotatable bonds is 4. The monoisotopic (exact) mass is 420 g/mol. The van der Waals surface area contributed by atoms with E-state index in [0.717, 1.165) is 10.4 Å². The number of amides is 1. The van der Waals surface area contributed by atoms with Gasteiger partial charge in [-0.05, 0) is 50.5 Å². The first-order chi connectivity index (χ1) is 15.0. The number of carbonyl (C=O) groups excluding carboxylic acids is 1. The Hall–Kier alpha value is -3.80. The molecule has 3 aromatic rings. The summed E-state index contributed by atoms with van der Waals surface area (Å²) in [5, 5.41) is 17.4. The number of nitrogens with zero attached hydrogens (tertiary/aromatic N) is 6. The largest absolute Gasteiger partial charge is 0.472 e. The van der Waals surface area contributed by atoms with Gasteiger partial charge in [-0.25, -0.2) is 9.37 Å². The van der Waals surface area contributed by atoms with Crippen molar-refractivity contribution < 1.29 is 13.9 Å². The van der Waals surface area contributed by atoms with Crippen molar-refractivity contribution in [2.45, 2.75) is 38.8 Å². The van der Waals surface area contributed by atoms with Crippen LogP contribution in [0.5, 0.6) is 5.88 Å². The molecule has 0 spiro atoms. The average Bonchev–Trinajstić information content (AvgIpc) is 3.29. The van der Waals surface area contributed by atoms with Crippen LogP contribution in [0.1, 0.15) is 41.3 Å². The van der Waals surface area contributed by atoms with Crippen LogP contribution in [0.3, 0.4) is 0 Å². The molecule has 2 aromatic heterocycles. The quantitative estimate of drug-likeness (QED) is 0.644. The highest BCUT2D eigenvalue weighted by Gasteiger charge is 2.33. The van der Waals surface area contributed by atoms with Gasteiger partial charge in [0.25, 0.3) is 5.91 Å². The second-order valence-corrected chi connectivity index (χ2v) is 7.50. The summed E-state index contributed by atoms with van der Waals surface area (Å²) in [5.41, 5.74) is 1.35. The minimum Gasteiger partial charge on any atom is -0.472 e. The van der Waals surface area contributed by atoms with Crippen molar-refractivity contribution in [3.63, 3.8) is 0 Å². The third-order valence-electron chi connectivity index (χ3n) is 5.45. The normalized spacial score (nSPS) is 18.5. The number of carbonyl (C=O) groups is 1. The second-order valence-electron chi connectivity index (χ2n) is 7.50. The molecule has 8 nitrogen and oxygen atoms in total. The van der Waals surface area contributed by atoms with E-state index in [9.17, 15) is 14.4 Å². The summed E-state index contributed by atoms with van der Waals surface area (Å²) in [6.07, 6.45) is 5.53. The van der Waals surface area contributed by atoms with Gasteiger partial charge in [-0.3, -0.25) is 4.79 Å². The van der Waals surface area contributed by atoms with E-state index in [-0.39, 0.29) is 35.2 Å². The van der Waals surface area contributed by atoms with E-state index in [4.69, 9.17) is 4.74 Å². The summed E-state index contributed by atoms with van der Waals surface area (Å²) in [5.74, 6) is -0.644. The van der Waals surface area contributed by atoms with Crippen LogP contribution >= 0.6 is 0 Å². The molecule has 0 radical (unpaired) electrons. The Bertz CT molecular complexity index is 1140. The summed E-state index contributed by atoms with van der Waals surface area (Å²) in [6.45, 7) is 4.06. The molecule has 0 saturated carbocycles. The number of nitriles is 1. The van der Waals surface area contributed by atoms with Gasteiger partial charge in [0.05, 0.1) is 24.5 Å². The first-order valence-electron chi connectivity index (χ1n) is 9.98. The van der Waals surface area contributed by atoms with E-state index in [2.05, 4.69) is 21.3 Å². The zero-order valence-electron chi connectivity index (χ0n) is 17.2. The third kappa shape index (κ3) is 3.97. The Morgan fingerprint density at radius 2 is 2.00 bits per heavy atom. The second kappa shape index (κ2) is 8.52. The van der Waals surface area contributed by atoms with Crippen LogP contribution in [0.4, 0.5) is 4.39 Å². The van der Waals surface area contributed by atoms with Crippen molar-refractivity contribution in [1.82, 2.24) is 24.9 Å². The Morgan fingerprint density at radius 3 is 2.74 bits per heavy atom. The van der Waals surface area contributed by atoms with Crippen molar-refractivity contribution >= 4 is 5.91 Å². The third-order valence-corrected chi connectivity index (χ3v) is 5.45. The predicted molar refractivity (Wildman–Crippen MR) is 109 cm³/mol. The maximum atomic E-state index is 14.6. The number of aromatic nitrogens is 4. The molecule has 4 rings (SSSR count). The zero-order valence-corrected chi connectivity index (χ0v) is 17.2. The van der Waals surface area contributed by atoms with E-state index in [0.29, 0.717) is 24.9 Å². The Balaban J connectivity index is 1.61. The summed E-state index contributed by atoms with van der Waals surface area (Å²) in [7, 11) is 0. The molecule has 2 atom stereocenters. The van der Waals surface area contributed by atoms with Gasteiger partial charge in [0.2, 0.25) is 5.88 Å². The highest BCUT2D eigenvalue weighted by atomic mass is 19.1. The summed E-state index contributed by atoms with van der Waals surface area (Å²) >= 11 is 0. The van der Waals surface area contributed by atoms with Crippen molar-refractivity contribution in [3.05, 3.63) is 65.4 Å². The smallest absolute Gasteiger partial charge is 0.256 e. The van der Waals surface area contributed by atoms with Gasteiger partial charge in [0.15, 0.2) is 5.82 Å². The maximum absolute atomic E-state index is 14.6. The van der Waals surface area contributed by atoms with Gasteiger partial charge in [0.1, 0.15) is 23.4 Å². The van der Waals surface area contributed by atoms with Crippen LogP contribution in [0.15, 0.2) is 42.9 Å². The lowest BCUT2D eigenvalue weighted by atomic mass is 9.99. The van der Waals surface area contributed by atoms with Crippen molar-refractivity contribution in [3.8, 4) is 17.6 Å². The molecule has 0 unspecified atom stereocenters. The van der Waals surface area contributed by atoms with Crippen LogP contribution in [0.2, 0.25) is 0 Å². The average molecular weight is 420 g/mol. The van der Waals surface area contributed by atoms with Crippen LogP contribution in [0, 0.1) is 24.1 Å². The van der Waals surface area contributed by atoms with Crippen LogP contribution in [-0.4, -0.2) is 49.5 Å². The molecule has 1 aromatic carbocycles. The minimum absolute atomic E-state index is 0.0138. The highest BCUT2D eigenvalue weighted by molar-refractivity contribution is 5.98. The zero-order chi connectivity index (χ0) is 22.0. The molecule has 31 heavy (non-hydrogen) atoms. The molecule has 1 aliphatic heterocycles. The lowest BCUT2D eigenvalue weighted by Gasteiger charge is -2.38. The molecule has 0 aliphatic carbocycles. The number of likely N-dealkylation sites (tertiary alicyclic amines) is 1. The van der Waals surface area contributed by atoms with E-state index < -0.39 is 5.82 Å². The van der Waals surface area contributed by atoms with Gasteiger partial charge in [-0.1, -0.05) is 6.07 Å². The Morgan fingerprint density at radius 1 is 1.23 bits per heavy atom. The molecule has 1 amide bonds. The maximum Gasteiger partial charge on any atom is 0.256 e. The van der Waals surface area contributed by atoms with Crippen LogP contribution in [-0.2, 0) is 0 Å². The number of halogens is 1. The number of para-hydroxylation sites is 1. The number of piperidine rings is 1. The fourth-order valence-corrected chi connectivity index (χ4v) is 3.75. The fraction of sp³-hybridized carbons (Fsp3) is 0.318. The molecular formula is C22H21FN6O2. The van der Waals surface area contributed by atoms with Gasteiger partial charge in [-0.2, -0.15) is 15.5 Å². The van der Waals surface area contributed by atoms with Crippen LogP contribution in [0.25, 0.3) is 5.69 Å². The fourth-order valence-electron chi connectivity index (χ4n) is 3.75. The molecule has 158 valence electrons. The molecular weight excluding hydrogens is 399 g/mol. The number of pyridine rings is 1. The number of benzene rings is 1. The lowest BCUT2D eigenvalue weighted by Crippen LogP contribution is -2.49. The number of hydrogen-bond donors (Lipinski definition) is 0. The van der Waals surface area contributed by atoms with Gasteiger partial charge < -0.3 is 9.64 Å². The molecule has 0 N–H and O–H groups in total. The van der Waals surface area contributed by atoms with Gasteiger partial charge in [0, 0.05) is 12.2 Å². The molecule has 0 bridgehead atoms. The summed E-state index contributed by atoms with van der Waals surface area (Å²) < 4.78 is 20.6.